The summed E-state index contributed by atoms with van der Waals surface area (Å²) in [6.45, 7) is 2.45. The SMILES string of the molecule is C[C@@H]1CCN(C(=O)c2cc3c(cn2)nc(N)c2cncn23)[C@H]2c3ccc(OC(F)(F)F)cc3O[C@@H]12. The van der Waals surface area contributed by atoms with Gasteiger partial charge in [0, 0.05) is 18.2 Å². The maximum atomic E-state index is 13.7. The Balaban J connectivity index is 1.38. The number of imidazole rings is 1. The lowest BCUT2D eigenvalue weighted by Gasteiger charge is -2.39. The summed E-state index contributed by atoms with van der Waals surface area (Å²) in [5.41, 5.74) is 8.58. The van der Waals surface area contributed by atoms with Crippen molar-refractivity contribution < 1.29 is 27.4 Å². The van der Waals surface area contributed by atoms with Crippen LogP contribution < -0.4 is 15.2 Å². The minimum atomic E-state index is -4.81. The van der Waals surface area contributed by atoms with Crippen molar-refractivity contribution in [3.63, 3.8) is 0 Å². The molecule has 0 radical (unpaired) electrons. The summed E-state index contributed by atoms with van der Waals surface area (Å²) in [5, 5.41) is 0. The van der Waals surface area contributed by atoms with Crippen LogP contribution in [0, 0.1) is 5.92 Å². The number of nitrogens with two attached hydrogens (primary N) is 1. The third-order valence-corrected chi connectivity index (χ3v) is 6.58. The van der Waals surface area contributed by atoms with Crippen LogP contribution in [0.3, 0.4) is 0 Å². The monoisotopic (exact) mass is 484 g/mol. The Morgan fingerprint density at radius 3 is 2.86 bits per heavy atom. The third-order valence-electron chi connectivity index (χ3n) is 6.58. The number of halogens is 3. The number of piperidine rings is 1. The van der Waals surface area contributed by atoms with Gasteiger partial charge in [-0.05, 0) is 30.5 Å². The summed E-state index contributed by atoms with van der Waals surface area (Å²) in [6.07, 6.45) is 0.128. The first-order valence-corrected chi connectivity index (χ1v) is 10.9. The molecule has 0 saturated carbocycles. The van der Waals surface area contributed by atoms with E-state index in [1.54, 1.807) is 27.9 Å². The maximum Gasteiger partial charge on any atom is 0.573 e. The van der Waals surface area contributed by atoms with Gasteiger partial charge in [0.25, 0.3) is 5.91 Å². The second kappa shape index (κ2) is 7.45. The number of alkyl halides is 3. The largest absolute Gasteiger partial charge is 0.573 e. The first-order valence-electron chi connectivity index (χ1n) is 10.9. The van der Waals surface area contributed by atoms with Crippen molar-refractivity contribution in [2.45, 2.75) is 31.9 Å². The molecule has 2 N–H and O–H groups in total. The number of nitrogens with zero attached hydrogens (tertiary/aromatic N) is 5. The summed E-state index contributed by atoms with van der Waals surface area (Å²) >= 11 is 0. The van der Waals surface area contributed by atoms with Crippen LogP contribution in [0.1, 0.15) is 35.4 Å². The molecule has 1 saturated heterocycles. The Bertz CT molecular complexity index is 1490. The Labute approximate surface area is 196 Å². The van der Waals surface area contributed by atoms with E-state index in [1.165, 1.54) is 24.4 Å². The van der Waals surface area contributed by atoms with Crippen molar-refractivity contribution >= 4 is 28.3 Å². The number of benzene rings is 1. The Hall–Kier alpha value is -4.09. The van der Waals surface area contributed by atoms with Crippen LogP contribution in [0.4, 0.5) is 19.0 Å². The molecule has 12 heteroatoms. The van der Waals surface area contributed by atoms with Gasteiger partial charge in [-0.2, -0.15) is 0 Å². The number of carbonyl (C=O) groups is 1. The van der Waals surface area contributed by atoms with Crippen LogP contribution in [-0.2, 0) is 0 Å². The molecule has 35 heavy (non-hydrogen) atoms. The van der Waals surface area contributed by atoms with Crippen LogP contribution >= 0.6 is 0 Å². The van der Waals surface area contributed by atoms with Crippen molar-refractivity contribution in [3.8, 4) is 11.5 Å². The van der Waals surface area contributed by atoms with E-state index in [-0.39, 0.29) is 29.0 Å². The van der Waals surface area contributed by atoms with Gasteiger partial charge in [-0.25, -0.2) is 15.0 Å². The molecule has 0 spiro atoms. The molecule has 6 rings (SSSR count). The lowest BCUT2D eigenvalue weighted by atomic mass is 9.86. The molecular formula is C23H19F3N6O3. The number of rotatable bonds is 2. The average Bonchev–Trinajstić information content (AvgIpc) is 3.44. The molecular weight excluding hydrogens is 465 g/mol. The first-order chi connectivity index (χ1) is 16.7. The van der Waals surface area contributed by atoms with Crippen molar-refractivity contribution in [1.29, 1.82) is 0 Å². The topological polar surface area (TPSA) is 108 Å². The second-order valence-corrected chi connectivity index (χ2v) is 8.74. The van der Waals surface area contributed by atoms with E-state index < -0.39 is 18.5 Å². The van der Waals surface area contributed by atoms with Crippen LogP contribution in [0.5, 0.6) is 11.5 Å². The van der Waals surface area contributed by atoms with E-state index in [1.807, 2.05) is 6.92 Å². The predicted octanol–water partition coefficient (Wildman–Crippen LogP) is 3.74. The molecule has 3 atom stereocenters. The molecule has 0 aliphatic carbocycles. The predicted molar refractivity (Wildman–Crippen MR) is 118 cm³/mol. The van der Waals surface area contributed by atoms with Crippen LogP contribution in [0.2, 0.25) is 0 Å². The summed E-state index contributed by atoms with van der Waals surface area (Å²) < 4.78 is 49.8. The number of hydrogen-bond donors (Lipinski definition) is 1. The fourth-order valence-corrected chi connectivity index (χ4v) is 4.94. The molecule has 0 unspecified atom stereocenters. The number of hydrogen-bond acceptors (Lipinski definition) is 7. The quantitative estimate of drug-likeness (QED) is 0.462. The number of likely N-dealkylation sites (tertiary alicyclic amines) is 1. The van der Waals surface area contributed by atoms with Crippen molar-refractivity contribution in [1.82, 2.24) is 24.3 Å². The van der Waals surface area contributed by atoms with Crippen LogP contribution in [0.15, 0.2) is 43.0 Å². The standard InChI is InChI=1S/C23H19F3N6O3/c1-11-4-5-31(19-13-3-2-12(35-23(24,25)26)6-18(13)34-20(11)19)22(33)14-7-16-15(8-29-14)30-21(27)17-9-28-10-32(16)17/h2-3,6-11,19-20H,4-5H2,1H3,(H2,27,30)/t11-,19+,20+/m1/s1. The summed E-state index contributed by atoms with van der Waals surface area (Å²) in [7, 11) is 0. The fourth-order valence-electron chi connectivity index (χ4n) is 4.94. The molecule has 4 aromatic rings. The third kappa shape index (κ3) is 3.47. The van der Waals surface area contributed by atoms with E-state index in [0.717, 1.165) is 0 Å². The second-order valence-electron chi connectivity index (χ2n) is 8.74. The number of carbonyl (C=O) groups excluding carboxylic acids is 1. The molecule has 1 amide bonds. The lowest BCUT2D eigenvalue weighted by molar-refractivity contribution is -0.274. The fraction of sp³-hybridized carbons (Fsp3) is 0.304. The minimum Gasteiger partial charge on any atom is -0.487 e. The molecule has 2 aliphatic heterocycles. The van der Waals surface area contributed by atoms with Crippen LogP contribution in [-0.4, -0.2) is 49.2 Å². The Morgan fingerprint density at radius 2 is 2.06 bits per heavy atom. The van der Waals surface area contributed by atoms with Gasteiger partial charge in [0.15, 0.2) is 0 Å². The zero-order valence-electron chi connectivity index (χ0n) is 18.4. The summed E-state index contributed by atoms with van der Waals surface area (Å²) in [4.78, 5) is 28.1. The smallest absolute Gasteiger partial charge is 0.487 e. The van der Waals surface area contributed by atoms with Crippen molar-refractivity contribution in [2.75, 3.05) is 12.3 Å². The van der Waals surface area contributed by atoms with E-state index in [0.29, 0.717) is 40.9 Å². The van der Waals surface area contributed by atoms with Gasteiger partial charge >= 0.3 is 6.36 Å². The number of nitrogen functional groups attached to an aromatic ring is 1. The number of pyridine rings is 1. The van der Waals surface area contributed by atoms with Gasteiger partial charge < -0.3 is 20.1 Å². The number of ether oxygens (including phenoxy) is 2. The van der Waals surface area contributed by atoms with E-state index >= 15 is 0 Å². The highest BCUT2D eigenvalue weighted by molar-refractivity contribution is 5.96. The van der Waals surface area contributed by atoms with Gasteiger partial charge in [-0.1, -0.05) is 6.92 Å². The highest BCUT2D eigenvalue weighted by atomic mass is 19.4. The molecule has 9 nitrogen and oxygen atoms in total. The molecule has 0 bridgehead atoms. The highest BCUT2D eigenvalue weighted by Gasteiger charge is 2.47. The number of aromatic nitrogens is 4. The maximum absolute atomic E-state index is 13.7. The molecule has 1 aromatic carbocycles. The highest BCUT2D eigenvalue weighted by Crippen LogP contribution is 2.48. The molecule has 1 fully saturated rings. The van der Waals surface area contributed by atoms with Gasteiger partial charge in [0.2, 0.25) is 0 Å². The average molecular weight is 484 g/mol. The normalized spacial score (nSPS) is 21.6. The van der Waals surface area contributed by atoms with Crippen LogP contribution in [0.25, 0.3) is 16.6 Å². The Kier molecular flexibility index (Phi) is 4.57. The van der Waals surface area contributed by atoms with E-state index in [4.69, 9.17) is 10.5 Å². The van der Waals surface area contributed by atoms with E-state index in [2.05, 4.69) is 19.7 Å². The zero-order valence-corrected chi connectivity index (χ0v) is 18.4. The van der Waals surface area contributed by atoms with Crippen molar-refractivity contribution in [3.05, 3.63) is 54.2 Å². The summed E-state index contributed by atoms with van der Waals surface area (Å²) in [5.74, 6) is -0.0126. The number of fused-ring (bicyclic) bond motifs is 6. The Morgan fingerprint density at radius 1 is 1.23 bits per heavy atom. The summed E-state index contributed by atoms with van der Waals surface area (Å²) in [6, 6.07) is 5.16. The first kappa shape index (κ1) is 21.4. The van der Waals surface area contributed by atoms with Crippen molar-refractivity contribution in [2.24, 2.45) is 5.92 Å². The molecule has 5 heterocycles. The molecule has 2 aliphatic rings. The lowest BCUT2D eigenvalue weighted by Crippen LogP contribution is -2.48. The molecule has 3 aromatic heterocycles. The van der Waals surface area contributed by atoms with Gasteiger partial charge in [0.05, 0.1) is 30.3 Å². The van der Waals surface area contributed by atoms with Gasteiger partial charge in [-0.3, -0.25) is 9.20 Å². The van der Waals surface area contributed by atoms with Gasteiger partial charge in [0.1, 0.15) is 40.1 Å². The number of amides is 1. The zero-order chi connectivity index (χ0) is 24.5. The van der Waals surface area contributed by atoms with E-state index in [9.17, 15) is 18.0 Å². The minimum absolute atomic E-state index is 0.0887. The van der Waals surface area contributed by atoms with Gasteiger partial charge in [-0.15, -0.1) is 13.2 Å². The molecule has 180 valence electrons. The number of anilines is 1.